The quantitative estimate of drug-likeness (QED) is 0.638. The Balaban J connectivity index is 3.00. The maximum Gasteiger partial charge on any atom is 0.147 e. The summed E-state index contributed by atoms with van der Waals surface area (Å²) >= 11 is 0. The number of rotatable bonds is 4. The van der Waals surface area contributed by atoms with E-state index in [2.05, 4.69) is 33.1 Å². The third-order valence-electron chi connectivity index (χ3n) is 3.49. The summed E-state index contributed by atoms with van der Waals surface area (Å²) in [7, 11) is 0. The summed E-state index contributed by atoms with van der Waals surface area (Å²) in [5.74, 6) is 0.514. The van der Waals surface area contributed by atoms with Crippen LogP contribution in [0.1, 0.15) is 33.1 Å². The fourth-order valence-corrected chi connectivity index (χ4v) is 2.41. The summed E-state index contributed by atoms with van der Waals surface area (Å²) in [6.07, 6.45) is 8.07. The standard InChI is InChI=1S/C14H20O/c1-5-7-13(15)14(6-2)9-8-11(3)10-12(14)4/h5-6,10,12H,1-2,7-9H2,3-4H3. The molecular weight excluding hydrogens is 184 g/mol. The van der Waals surface area contributed by atoms with Crippen LogP contribution in [0.4, 0.5) is 0 Å². The van der Waals surface area contributed by atoms with Gasteiger partial charge in [-0.05, 0) is 25.7 Å². The monoisotopic (exact) mass is 204 g/mol. The number of ketones is 1. The van der Waals surface area contributed by atoms with E-state index in [1.54, 1.807) is 6.08 Å². The highest BCUT2D eigenvalue weighted by Gasteiger charge is 2.40. The Labute approximate surface area is 92.6 Å². The molecule has 2 unspecified atom stereocenters. The van der Waals surface area contributed by atoms with Crippen molar-refractivity contribution in [3.63, 3.8) is 0 Å². The number of hydrogen-bond donors (Lipinski definition) is 0. The smallest absolute Gasteiger partial charge is 0.147 e. The van der Waals surface area contributed by atoms with Crippen LogP contribution in [0.5, 0.6) is 0 Å². The van der Waals surface area contributed by atoms with E-state index >= 15 is 0 Å². The van der Waals surface area contributed by atoms with Crippen molar-refractivity contribution >= 4 is 5.78 Å². The van der Waals surface area contributed by atoms with Crippen LogP contribution in [0.25, 0.3) is 0 Å². The summed E-state index contributed by atoms with van der Waals surface area (Å²) in [6.45, 7) is 11.7. The summed E-state index contributed by atoms with van der Waals surface area (Å²) < 4.78 is 0. The van der Waals surface area contributed by atoms with E-state index < -0.39 is 0 Å². The van der Waals surface area contributed by atoms with Gasteiger partial charge in [-0.15, -0.1) is 13.2 Å². The molecule has 0 aliphatic heterocycles. The lowest BCUT2D eigenvalue weighted by Crippen LogP contribution is -2.36. The van der Waals surface area contributed by atoms with Crippen LogP contribution in [0.15, 0.2) is 37.0 Å². The molecular formula is C14H20O. The SMILES string of the molecule is C=CCC(=O)C1(C=C)CCC(C)=CC1C. The molecule has 0 fully saturated rings. The molecule has 15 heavy (non-hydrogen) atoms. The molecule has 1 aliphatic carbocycles. The highest BCUT2D eigenvalue weighted by molar-refractivity contribution is 5.88. The second kappa shape index (κ2) is 4.61. The van der Waals surface area contributed by atoms with Crippen LogP contribution in [0.2, 0.25) is 0 Å². The molecule has 0 bridgehead atoms. The normalized spacial score (nSPS) is 30.5. The Kier molecular flexibility index (Phi) is 3.67. The number of allylic oxidation sites excluding steroid dienone is 4. The summed E-state index contributed by atoms with van der Waals surface area (Å²) in [5, 5.41) is 0. The molecule has 0 amide bonds. The van der Waals surface area contributed by atoms with Gasteiger partial charge in [0.2, 0.25) is 0 Å². The van der Waals surface area contributed by atoms with E-state index in [1.807, 2.05) is 6.08 Å². The molecule has 0 N–H and O–H groups in total. The van der Waals surface area contributed by atoms with Crippen molar-refractivity contribution in [1.82, 2.24) is 0 Å². The first-order chi connectivity index (χ1) is 7.06. The van der Waals surface area contributed by atoms with Crippen molar-refractivity contribution in [1.29, 1.82) is 0 Å². The zero-order valence-electron chi connectivity index (χ0n) is 9.75. The summed E-state index contributed by atoms with van der Waals surface area (Å²) in [6, 6.07) is 0. The van der Waals surface area contributed by atoms with Gasteiger partial charge in [-0.2, -0.15) is 0 Å². The van der Waals surface area contributed by atoms with Crippen molar-refractivity contribution in [2.24, 2.45) is 11.3 Å². The lowest BCUT2D eigenvalue weighted by molar-refractivity contribution is -0.127. The Hall–Kier alpha value is -1.11. The molecule has 2 atom stereocenters. The fraction of sp³-hybridized carbons (Fsp3) is 0.500. The minimum Gasteiger partial charge on any atom is -0.298 e. The first kappa shape index (κ1) is 12.0. The van der Waals surface area contributed by atoms with E-state index in [4.69, 9.17) is 0 Å². The van der Waals surface area contributed by atoms with Crippen molar-refractivity contribution in [3.05, 3.63) is 37.0 Å². The molecule has 1 aliphatic rings. The third-order valence-corrected chi connectivity index (χ3v) is 3.49. The lowest BCUT2D eigenvalue weighted by Gasteiger charge is -2.37. The van der Waals surface area contributed by atoms with Crippen LogP contribution in [0, 0.1) is 11.3 Å². The van der Waals surface area contributed by atoms with Gasteiger partial charge in [-0.3, -0.25) is 4.79 Å². The van der Waals surface area contributed by atoms with Gasteiger partial charge in [0.15, 0.2) is 0 Å². The number of Topliss-reactive ketones (excluding diaryl/α,β-unsaturated/α-hetero) is 1. The molecule has 0 spiro atoms. The van der Waals surface area contributed by atoms with Gasteiger partial charge in [0.1, 0.15) is 5.78 Å². The zero-order chi connectivity index (χ0) is 11.5. The molecule has 0 aromatic rings. The van der Waals surface area contributed by atoms with E-state index in [-0.39, 0.29) is 17.1 Å². The molecule has 1 nitrogen and oxygen atoms in total. The Morgan fingerprint density at radius 3 is 2.80 bits per heavy atom. The Morgan fingerprint density at radius 2 is 2.33 bits per heavy atom. The van der Waals surface area contributed by atoms with Crippen LogP contribution < -0.4 is 0 Å². The minimum atomic E-state index is -0.353. The Morgan fingerprint density at radius 1 is 1.67 bits per heavy atom. The molecule has 1 rings (SSSR count). The van der Waals surface area contributed by atoms with Gasteiger partial charge in [-0.25, -0.2) is 0 Å². The van der Waals surface area contributed by atoms with Crippen molar-refractivity contribution in [3.8, 4) is 0 Å². The van der Waals surface area contributed by atoms with Crippen molar-refractivity contribution in [2.75, 3.05) is 0 Å². The third kappa shape index (κ3) is 2.11. The second-order valence-electron chi connectivity index (χ2n) is 4.46. The van der Waals surface area contributed by atoms with Crippen LogP contribution >= 0.6 is 0 Å². The minimum absolute atomic E-state index is 0.253. The summed E-state index contributed by atoms with van der Waals surface area (Å²) in [5.41, 5.74) is 1.03. The average molecular weight is 204 g/mol. The van der Waals surface area contributed by atoms with Crippen molar-refractivity contribution in [2.45, 2.75) is 33.1 Å². The average Bonchev–Trinajstić information content (AvgIpc) is 2.19. The maximum atomic E-state index is 12.1. The zero-order valence-corrected chi connectivity index (χ0v) is 9.75. The number of carbonyl (C=O) groups excluding carboxylic acids is 1. The van der Waals surface area contributed by atoms with Gasteiger partial charge >= 0.3 is 0 Å². The fourth-order valence-electron chi connectivity index (χ4n) is 2.41. The number of carbonyl (C=O) groups is 1. The van der Waals surface area contributed by atoms with Crippen LogP contribution in [-0.2, 0) is 4.79 Å². The van der Waals surface area contributed by atoms with Crippen molar-refractivity contribution < 1.29 is 4.79 Å². The van der Waals surface area contributed by atoms with Gasteiger partial charge < -0.3 is 0 Å². The van der Waals surface area contributed by atoms with Gasteiger partial charge in [0.05, 0.1) is 5.41 Å². The topological polar surface area (TPSA) is 17.1 Å². The highest BCUT2D eigenvalue weighted by atomic mass is 16.1. The van der Waals surface area contributed by atoms with E-state index in [9.17, 15) is 4.79 Å². The second-order valence-corrected chi connectivity index (χ2v) is 4.46. The lowest BCUT2D eigenvalue weighted by atomic mass is 9.65. The van der Waals surface area contributed by atoms with Gasteiger partial charge in [0, 0.05) is 6.42 Å². The number of hydrogen-bond acceptors (Lipinski definition) is 1. The molecule has 0 heterocycles. The maximum absolute atomic E-state index is 12.1. The molecule has 0 aromatic carbocycles. The highest BCUT2D eigenvalue weighted by Crippen LogP contribution is 2.42. The molecule has 0 radical (unpaired) electrons. The molecule has 82 valence electrons. The first-order valence-electron chi connectivity index (χ1n) is 5.52. The molecule has 0 aromatic heterocycles. The molecule has 1 heteroatoms. The molecule has 0 saturated carbocycles. The predicted molar refractivity (Wildman–Crippen MR) is 64.6 cm³/mol. The van der Waals surface area contributed by atoms with E-state index in [0.29, 0.717) is 6.42 Å². The summed E-state index contributed by atoms with van der Waals surface area (Å²) in [4.78, 5) is 12.1. The van der Waals surface area contributed by atoms with Gasteiger partial charge in [-0.1, -0.05) is 30.7 Å². The van der Waals surface area contributed by atoms with Crippen LogP contribution in [-0.4, -0.2) is 5.78 Å². The Bertz CT molecular complexity index is 311. The predicted octanol–water partition coefficient (Wildman–Crippen LogP) is 3.68. The largest absolute Gasteiger partial charge is 0.298 e. The first-order valence-corrected chi connectivity index (χ1v) is 5.52. The van der Waals surface area contributed by atoms with Crippen LogP contribution in [0.3, 0.4) is 0 Å². The van der Waals surface area contributed by atoms with Gasteiger partial charge in [0.25, 0.3) is 0 Å². The molecule has 0 saturated heterocycles. The van der Waals surface area contributed by atoms with E-state index in [0.717, 1.165) is 12.8 Å². The van der Waals surface area contributed by atoms with E-state index in [1.165, 1.54) is 5.57 Å².